The topological polar surface area (TPSA) is 88.1 Å². The van der Waals surface area contributed by atoms with Crippen LogP contribution >= 0.6 is 11.8 Å². The molecule has 8 heteroatoms. The summed E-state index contributed by atoms with van der Waals surface area (Å²) in [6.07, 6.45) is 8.29. The maximum Gasteiger partial charge on any atom is 0.290 e. The van der Waals surface area contributed by atoms with Gasteiger partial charge in [0.25, 0.3) is 11.1 Å². The van der Waals surface area contributed by atoms with Crippen LogP contribution in [-0.2, 0) is 17.8 Å². The minimum Gasteiger partial charge on any atom is -0.297 e. The highest BCUT2D eigenvalue weighted by atomic mass is 32.2. The van der Waals surface area contributed by atoms with Crippen molar-refractivity contribution in [3.63, 3.8) is 0 Å². The van der Waals surface area contributed by atoms with E-state index in [1.54, 1.807) is 18.3 Å². The third-order valence-corrected chi connectivity index (χ3v) is 5.64. The molecule has 2 aromatic heterocycles. The van der Waals surface area contributed by atoms with E-state index >= 15 is 0 Å². The number of amides is 2. The molecular weight excluding hydrogens is 374 g/mol. The highest BCUT2D eigenvalue weighted by Crippen LogP contribution is 2.25. The van der Waals surface area contributed by atoms with Crippen molar-refractivity contribution >= 4 is 29.0 Å². The number of carbonyl (C=O) groups is 2. The molecule has 2 saturated heterocycles. The number of hydrogen-bond acceptors (Lipinski definition) is 7. The molecule has 0 aromatic carbocycles. The first-order chi connectivity index (χ1) is 13.7. The van der Waals surface area contributed by atoms with E-state index in [0.29, 0.717) is 16.5 Å². The first-order valence-electron chi connectivity index (χ1n) is 9.35. The zero-order valence-corrected chi connectivity index (χ0v) is 16.2. The van der Waals surface area contributed by atoms with E-state index in [0.717, 1.165) is 62.2 Å². The van der Waals surface area contributed by atoms with Crippen LogP contribution in [0.2, 0.25) is 0 Å². The van der Waals surface area contributed by atoms with Crippen LogP contribution in [0.1, 0.15) is 30.1 Å². The van der Waals surface area contributed by atoms with Crippen molar-refractivity contribution in [2.45, 2.75) is 25.8 Å². The summed E-state index contributed by atoms with van der Waals surface area (Å²) in [4.78, 5) is 39.2. The zero-order chi connectivity index (χ0) is 19.3. The molecule has 0 unspecified atom stereocenters. The van der Waals surface area contributed by atoms with Crippen molar-refractivity contribution in [2.24, 2.45) is 5.92 Å². The molecule has 7 nitrogen and oxygen atoms in total. The van der Waals surface area contributed by atoms with E-state index in [-0.39, 0.29) is 11.1 Å². The Morgan fingerprint density at radius 1 is 1.21 bits per heavy atom. The maximum absolute atomic E-state index is 11.7. The average Bonchev–Trinajstić information content (AvgIpc) is 3.00. The van der Waals surface area contributed by atoms with Gasteiger partial charge in [0.1, 0.15) is 5.82 Å². The Morgan fingerprint density at radius 3 is 2.93 bits per heavy atom. The van der Waals surface area contributed by atoms with Crippen LogP contribution in [0.4, 0.5) is 4.79 Å². The van der Waals surface area contributed by atoms with E-state index in [1.807, 2.05) is 18.3 Å². The Morgan fingerprint density at radius 2 is 2.14 bits per heavy atom. The fourth-order valence-corrected chi connectivity index (χ4v) is 4.26. The van der Waals surface area contributed by atoms with E-state index in [9.17, 15) is 9.59 Å². The number of nitrogens with one attached hydrogen (secondary N) is 1. The lowest BCUT2D eigenvalue weighted by Gasteiger charge is -2.32. The first-order valence-corrected chi connectivity index (χ1v) is 10.2. The standard InChI is InChI=1S/C20H21N5O2S/c26-19-17(28-20(27)24-19)11-15-6-8-22-18(23-15)10-14-4-3-9-25(12-14)13-16-5-1-2-7-21-16/h1-2,5-8,11,14H,3-4,9-10,12-13H2,(H,24,26,27)/b17-11-/t14-/m1/s1. The Bertz CT molecular complexity index is 902. The molecule has 4 rings (SSSR count). The quantitative estimate of drug-likeness (QED) is 0.779. The fourth-order valence-electron chi connectivity index (χ4n) is 3.59. The number of nitrogens with zero attached hydrogens (tertiary/aromatic N) is 4. The van der Waals surface area contributed by atoms with Crippen LogP contribution in [0.5, 0.6) is 0 Å². The van der Waals surface area contributed by atoms with Gasteiger partial charge in [0, 0.05) is 31.9 Å². The van der Waals surface area contributed by atoms with Crippen LogP contribution in [0, 0.1) is 5.92 Å². The van der Waals surface area contributed by atoms with Gasteiger partial charge in [-0.15, -0.1) is 0 Å². The molecule has 2 fully saturated rings. The SMILES string of the molecule is O=C1NC(=O)/C(=C/c2ccnc(C[C@H]3CCCN(Cc4ccccn4)C3)n2)S1. The second-order valence-electron chi connectivity index (χ2n) is 7.02. The molecule has 0 spiro atoms. The average molecular weight is 395 g/mol. The lowest BCUT2D eigenvalue weighted by molar-refractivity contribution is -0.115. The van der Waals surface area contributed by atoms with Gasteiger partial charge in [0.2, 0.25) is 0 Å². The molecule has 28 heavy (non-hydrogen) atoms. The summed E-state index contributed by atoms with van der Waals surface area (Å²) in [5.41, 5.74) is 1.74. The third-order valence-electron chi connectivity index (χ3n) is 4.83. The van der Waals surface area contributed by atoms with Gasteiger partial charge in [-0.1, -0.05) is 6.07 Å². The van der Waals surface area contributed by atoms with E-state index in [4.69, 9.17) is 0 Å². The number of thioether (sulfide) groups is 1. The van der Waals surface area contributed by atoms with Gasteiger partial charge in [-0.2, -0.15) is 0 Å². The van der Waals surface area contributed by atoms with Crippen LogP contribution in [-0.4, -0.2) is 44.1 Å². The van der Waals surface area contributed by atoms with Gasteiger partial charge in [0.05, 0.1) is 16.3 Å². The van der Waals surface area contributed by atoms with Gasteiger partial charge in [-0.25, -0.2) is 9.97 Å². The van der Waals surface area contributed by atoms with Crippen molar-refractivity contribution in [1.82, 2.24) is 25.2 Å². The lowest BCUT2D eigenvalue weighted by atomic mass is 9.94. The second kappa shape index (κ2) is 8.62. The molecule has 0 bridgehead atoms. The normalized spacial score (nSPS) is 21.9. The van der Waals surface area contributed by atoms with Crippen LogP contribution in [0.15, 0.2) is 41.6 Å². The molecule has 0 saturated carbocycles. The second-order valence-corrected chi connectivity index (χ2v) is 8.03. The highest BCUT2D eigenvalue weighted by molar-refractivity contribution is 8.18. The number of pyridine rings is 1. The summed E-state index contributed by atoms with van der Waals surface area (Å²) in [7, 11) is 0. The lowest BCUT2D eigenvalue weighted by Crippen LogP contribution is -2.36. The number of rotatable bonds is 5. The smallest absolute Gasteiger partial charge is 0.290 e. The molecule has 0 aliphatic carbocycles. The predicted octanol–water partition coefficient (Wildman–Crippen LogP) is 2.65. The van der Waals surface area contributed by atoms with Gasteiger partial charge >= 0.3 is 0 Å². The van der Waals surface area contributed by atoms with Crippen molar-refractivity contribution in [1.29, 1.82) is 0 Å². The largest absolute Gasteiger partial charge is 0.297 e. The minimum absolute atomic E-state index is 0.347. The predicted molar refractivity (Wildman–Crippen MR) is 107 cm³/mol. The highest BCUT2D eigenvalue weighted by Gasteiger charge is 2.25. The summed E-state index contributed by atoms with van der Waals surface area (Å²) in [6, 6.07) is 7.77. The third kappa shape index (κ3) is 4.82. The van der Waals surface area contributed by atoms with Crippen LogP contribution < -0.4 is 5.32 Å². The summed E-state index contributed by atoms with van der Waals surface area (Å²) < 4.78 is 0. The molecule has 144 valence electrons. The van der Waals surface area contributed by atoms with E-state index < -0.39 is 0 Å². The van der Waals surface area contributed by atoms with Gasteiger partial charge in [0.15, 0.2) is 0 Å². The molecule has 1 atom stereocenters. The monoisotopic (exact) mass is 395 g/mol. The molecule has 2 aromatic rings. The summed E-state index contributed by atoms with van der Waals surface area (Å²) in [5.74, 6) is 0.896. The molecule has 2 aliphatic rings. The fraction of sp³-hybridized carbons (Fsp3) is 0.350. The number of carbonyl (C=O) groups excluding carboxylic acids is 2. The summed E-state index contributed by atoms with van der Waals surface area (Å²) >= 11 is 0.900. The summed E-state index contributed by atoms with van der Waals surface area (Å²) in [6.45, 7) is 2.95. The molecular formula is C20H21N5O2S. The zero-order valence-electron chi connectivity index (χ0n) is 15.4. The maximum atomic E-state index is 11.7. The number of aromatic nitrogens is 3. The van der Waals surface area contributed by atoms with Gasteiger partial charge < -0.3 is 0 Å². The molecule has 1 N–H and O–H groups in total. The Kier molecular flexibility index (Phi) is 5.78. The Balaban J connectivity index is 1.39. The number of likely N-dealkylation sites (tertiary alicyclic amines) is 1. The number of hydrogen-bond donors (Lipinski definition) is 1. The molecule has 2 amide bonds. The molecule has 4 heterocycles. The Labute approximate surface area is 167 Å². The summed E-state index contributed by atoms with van der Waals surface area (Å²) in [5, 5.41) is 1.91. The number of imide groups is 1. The van der Waals surface area contributed by atoms with Crippen molar-refractivity contribution in [2.75, 3.05) is 13.1 Å². The van der Waals surface area contributed by atoms with Crippen LogP contribution in [0.25, 0.3) is 6.08 Å². The molecule has 0 radical (unpaired) electrons. The van der Waals surface area contributed by atoms with Crippen LogP contribution in [0.3, 0.4) is 0 Å². The van der Waals surface area contributed by atoms with E-state index in [1.165, 1.54) is 0 Å². The van der Waals surface area contributed by atoms with Gasteiger partial charge in [-0.05, 0) is 61.3 Å². The first kappa shape index (κ1) is 18.8. The van der Waals surface area contributed by atoms with Crippen molar-refractivity contribution in [3.8, 4) is 0 Å². The van der Waals surface area contributed by atoms with Gasteiger partial charge in [-0.3, -0.25) is 24.8 Å². The van der Waals surface area contributed by atoms with Crippen molar-refractivity contribution in [3.05, 3.63) is 58.8 Å². The molecule has 2 aliphatic heterocycles. The Hall–Kier alpha value is -2.58. The minimum atomic E-state index is -0.368. The van der Waals surface area contributed by atoms with Crippen molar-refractivity contribution < 1.29 is 9.59 Å². The number of piperidine rings is 1. The van der Waals surface area contributed by atoms with E-state index in [2.05, 4.69) is 31.2 Å².